The highest BCUT2D eigenvalue weighted by atomic mass is 32.2. The Morgan fingerprint density at radius 2 is 1.92 bits per heavy atom. The highest BCUT2D eigenvalue weighted by molar-refractivity contribution is 7.89. The van der Waals surface area contributed by atoms with Crippen LogP contribution in [0.1, 0.15) is 38.4 Å². The van der Waals surface area contributed by atoms with Crippen molar-refractivity contribution in [3.63, 3.8) is 0 Å². The van der Waals surface area contributed by atoms with E-state index in [4.69, 9.17) is 4.74 Å². The van der Waals surface area contributed by atoms with Crippen molar-refractivity contribution in [2.45, 2.75) is 43.7 Å². The number of aromatic nitrogens is 3. The van der Waals surface area contributed by atoms with E-state index >= 15 is 0 Å². The standard InChI is InChI=1S/C17H23FN4O3S/c1-12(2)17-20-16(11-21(17)3)26(23,24)22-9-7-13(8-10-22)25-15-6-4-5-14(18)19-15/h4-6,11-13H,7-10H2,1-3H3. The maximum absolute atomic E-state index is 13.1. The Balaban J connectivity index is 1.66. The van der Waals surface area contributed by atoms with Gasteiger partial charge in [0.25, 0.3) is 10.0 Å². The molecule has 3 heterocycles. The van der Waals surface area contributed by atoms with E-state index in [9.17, 15) is 12.8 Å². The minimum absolute atomic E-state index is 0.0786. The van der Waals surface area contributed by atoms with Crippen LogP contribution in [0.3, 0.4) is 0 Å². The quantitative estimate of drug-likeness (QED) is 0.742. The fraction of sp³-hybridized carbons (Fsp3) is 0.529. The van der Waals surface area contributed by atoms with Crippen molar-refractivity contribution in [2.75, 3.05) is 13.1 Å². The third kappa shape index (κ3) is 3.88. The topological polar surface area (TPSA) is 77.3 Å². The van der Waals surface area contributed by atoms with Crippen LogP contribution in [0.25, 0.3) is 0 Å². The number of halogens is 1. The van der Waals surface area contributed by atoms with Gasteiger partial charge < -0.3 is 9.30 Å². The number of pyridine rings is 1. The van der Waals surface area contributed by atoms with Crippen molar-refractivity contribution >= 4 is 10.0 Å². The number of hydrogen-bond acceptors (Lipinski definition) is 5. The molecule has 0 radical (unpaired) electrons. The normalized spacial score (nSPS) is 17.0. The molecule has 3 rings (SSSR count). The van der Waals surface area contributed by atoms with Gasteiger partial charge in [0.1, 0.15) is 11.9 Å². The lowest BCUT2D eigenvalue weighted by Gasteiger charge is -2.30. The average Bonchev–Trinajstić information content (AvgIpc) is 2.98. The zero-order valence-corrected chi connectivity index (χ0v) is 15.9. The molecular formula is C17H23FN4O3S. The van der Waals surface area contributed by atoms with Gasteiger partial charge in [0.2, 0.25) is 11.8 Å². The van der Waals surface area contributed by atoms with Gasteiger partial charge in [0.15, 0.2) is 5.03 Å². The zero-order chi connectivity index (χ0) is 18.9. The molecule has 0 bridgehead atoms. The lowest BCUT2D eigenvalue weighted by Crippen LogP contribution is -2.41. The number of ether oxygens (including phenoxy) is 1. The summed E-state index contributed by atoms with van der Waals surface area (Å²) in [4.78, 5) is 7.98. The van der Waals surface area contributed by atoms with Crippen LogP contribution in [0.2, 0.25) is 0 Å². The Hall–Kier alpha value is -2.00. The monoisotopic (exact) mass is 382 g/mol. The molecule has 0 aliphatic carbocycles. The van der Waals surface area contributed by atoms with Crippen molar-refractivity contribution < 1.29 is 17.5 Å². The first kappa shape index (κ1) is 18.8. The van der Waals surface area contributed by atoms with E-state index in [1.165, 1.54) is 16.4 Å². The molecule has 2 aromatic heterocycles. The van der Waals surface area contributed by atoms with E-state index < -0.39 is 16.0 Å². The summed E-state index contributed by atoms with van der Waals surface area (Å²) >= 11 is 0. The predicted octanol–water partition coefficient (Wildman–Crippen LogP) is 2.31. The van der Waals surface area contributed by atoms with Crippen LogP contribution < -0.4 is 4.74 Å². The number of sulfonamides is 1. The summed E-state index contributed by atoms with van der Waals surface area (Å²) in [7, 11) is -1.83. The number of imidazole rings is 1. The van der Waals surface area contributed by atoms with Gasteiger partial charge in [-0.25, -0.2) is 13.4 Å². The van der Waals surface area contributed by atoms with E-state index in [0.29, 0.717) is 25.9 Å². The second-order valence-corrected chi connectivity index (χ2v) is 8.61. The van der Waals surface area contributed by atoms with Gasteiger partial charge in [-0.3, -0.25) is 0 Å². The molecule has 0 saturated carbocycles. The summed E-state index contributed by atoms with van der Waals surface area (Å²) in [5, 5.41) is 0.0786. The maximum atomic E-state index is 13.1. The molecule has 7 nitrogen and oxygen atoms in total. The fourth-order valence-corrected chi connectivity index (χ4v) is 4.52. The average molecular weight is 382 g/mol. The van der Waals surface area contributed by atoms with Crippen LogP contribution in [0.15, 0.2) is 29.4 Å². The molecule has 2 aromatic rings. The number of aryl methyl sites for hydroxylation is 1. The van der Waals surface area contributed by atoms with Crippen LogP contribution in [0.4, 0.5) is 4.39 Å². The Kier molecular flexibility index (Phi) is 5.29. The lowest BCUT2D eigenvalue weighted by molar-refractivity contribution is 0.128. The van der Waals surface area contributed by atoms with Crippen LogP contribution in [-0.4, -0.2) is 46.5 Å². The Morgan fingerprint density at radius 3 is 2.50 bits per heavy atom. The minimum Gasteiger partial charge on any atom is -0.474 e. The molecule has 0 unspecified atom stereocenters. The van der Waals surface area contributed by atoms with Gasteiger partial charge >= 0.3 is 0 Å². The highest BCUT2D eigenvalue weighted by Gasteiger charge is 2.32. The first-order valence-corrected chi connectivity index (χ1v) is 10.0. The minimum atomic E-state index is -3.63. The SMILES string of the molecule is CC(C)c1nc(S(=O)(=O)N2CCC(Oc3cccc(F)n3)CC2)cn1C. The number of nitrogens with zero attached hydrogens (tertiary/aromatic N) is 4. The summed E-state index contributed by atoms with van der Waals surface area (Å²) < 4.78 is 47.6. The maximum Gasteiger partial charge on any atom is 0.262 e. The number of hydrogen-bond donors (Lipinski definition) is 0. The second-order valence-electron chi connectivity index (χ2n) is 6.72. The molecule has 1 aliphatic heterocycles. The van der Waals surface area contributed by atoms with Gasteiger partial charge in [-0.1, -0.05) is 19.9 Å². The smallest absolute Gasteiger partial charge is 0.262 e. The zero-order valence-electron chi connectivity index (χ0n) is 15.1. The molecule has 142 valence electrons. The van der Waals surface area contributed by atoms with Gasteiger partial charge in [-0.15, -0.1) is 0 Å². The third-order valence-corrected chi connectivity index (χ3v) is 6.16. The molecule has 26 heavy (non-hydrogen) atoms. The summed E-state index contributed by atoms with van der Waals surface area (Å²) in [6.45, 7) is 4.61. The fourth-order valence-electron chi connectivity index (χ4n) is 3.06. The second kappa shape index (κ2) is 7.32. The van der Waals surface area contributed by atoms with Crippen LogP contribution in [0.5, 0.6) is 5.88 Å². The summed E-state index contributed by atoms with van der Waals surface area (Å²) in [5.74, 6) is 0.497. The van der Waals surface area contributed by atoms with Crippen molar-refractivity contribution in [2.24, 2.45) is 7.05 Å². The molecule has 0 amide bonds. The van der Waals surface area contributed by atoms with Gasteiger partial charge in [0.05, 0.1) is 0 Å². The molecule has 1 fully saturated rings. The van der Waals surface area contributed by atoms with E-state index in [0.717, 1.165) is 5.82 Å². The van der Waals surface area contributed by atoms with Crippen molar-refractivity contribution in [3.05, 3.63) is 36.2 Å². The molecule has 0 aromatic carbocycles. The van der Waals surface area contributed by atoms with Crippen molar-refractivity contribution in [3.8, 4) is 5.88 Å². The number of rotatable bonds is 5. The first-order valence-electron chi connectivity index (χ1n) is 8.60. The van der Waals surface area contributed by atoms with E-state index in [-0.39, 0.29) is 22.9 Å². The van der Waals surface area contributed by atoms with Gasteiger partial charge in [-0.05, 0) is 18.9 Å². The molecule has 0 spiro atoms. The Morgan fingerprint density at radius 1 is 1.23 bits per heavy atom. The van der Waals surface area contributed by atoms with E-state index in [1.54, 1.807) is 23.9 Å². The number of piperidine rings is 1. The van der Waals surface area contributed by atoms with Crippen molar-refractivity contribution in [1.29, 1.82) is 0 Å². The Labute approximate surface area is 152 Å². The predicted molar refractivity (Wildman–Crippen MR) is 93.9 cm³/mol. The van der Waals surface area contributed by atoms with Crippen LogP contribution in [-0.2, 0) is 17.1 Å². The molecule has 1 saturated heterocycles. The van der Waals surface area contributed by atoms with Crippen LogP contribution in [0, 0.1) is 5.95 Å². The van der Waals surface area contributed by atoms with E-state index in [2.05, 4.69) is 9.97 Å². The van der Waals surface area contributed by atoms with Crippen LogP contribution >= 0.6 is 0 Å². The lowest BCUT2D eigenvalue weighted by atomic mass is 10.1. The Bertz CT molecular complexity index is 874. The van der Waals surface area contributed by atoms with E-state index in [1.807, 2.05) is 13.8 Å². The highest BCUT2D eigenvalue weighted by Crippen LogP contribution is 2.24. The molecular weight excluding hydrogens is 359 g/mol. The largest absolute Gasteiger partial charge is 0.474 e. The molecule has 0 atom stereocenters. The summed E-state index contributed by atoms with van der Waals surface area (Å²) in [6, 6.07) is 4.37. The summed E-state index contributed by atoms with van der Waals surface area (Å²) in [6.07, 6.45) is 2.40. The molecule has 1 aliphatic rings. The summed E-state index contributed by atoms with van der Waals surface area (Å²) in [5.41, 5.74) is 0. The van der Waals surface area contributed by atoms with Gasteiger partial charge in [-0.2, -0.15) is 13.7 Å². The van der Waals surface area contributed by atoms with Gasteiger partial charge in [0, 0.05) is 38.3 Å². The first-order chi connectivity index (χ1) is 12.3. The molecule has 0 N–H and O–H groups in total. The molecule has 9 heteroatoms. The van der Waals surface area contributed by atoms with Crippen molar-refractivity contribution in [1.82, 2.24) is 18.8 Å². The third-order valence-electron chi connectivity index (χ3n) is 4.39.